The van der Waals surface area contributed by atoms with E-state index in [0.717, 1.165) is 18.5 Å². The monoisotopic (exact) mass is 179 g/mol. The zero-order valence-corrected chi connectivity index (χ0v) is 9.52. The van der Waals surface area contributed by atoms with Crippen LogP contribution in [0.3, 0.4) is 0 Å². The second-order valence-corrected chi connectivity index (χ2v) is 2.80. The minimum Gasteiger partial charge on any atom is -0.261 e. The summed E-state index contributed by atoms with van der Waals surface area (Å²) >= 11 is 0. The molecule has 0 saturated heterocycles. The quantitative estimate of drug-likeness (QED) is 0.676. The highest BCUT2D eigenvalue weighted by molar-refractivity contribution is 5.26. The van der Waals surface area contributed by atoms with Gasteiger partial charge in [-0.2, -0.15) is 0 Å². The molecule has 0 fully saturated rings. The third kappa shape index (κ3) is 3.58. The van der Waals surface area contributed by atoms with Gasteiger partial charge in [-0.1, -0.05) is 27.7 Å². The van der Waals surface area contributed by atoms with E-state index in [0.29, 0.717) is 0 Å². The Balaban J connectivity index is 0.000000671. The predicted molar refractivity (Wildman–Crippen MR) is 59.1 cm³/mol. The van der Waals surface area contributed by atoms with Crippen LogP contribution >= 0.6 is 0 Å². The second kappa shape index (κ2) is 6.64. The SMILES string of the molecule is CC.CCc1cnc(C)cc1CC. The third-order valence-electron chi connectivity index (χ3n) is 1.98. The number of nitrogens with zero attached hydrogens (tertiary/aromatic N) is 1. The van der Waals surface area contributed by atoms with Gasteiger partial charge in [-0.3, -0.25) is 4.98 Å². The maximum atomic E-state index is 4.26. The fourth-order valence-corrected chi connectivity index (χ4v) is 1.29. The van der Waals surface area contributed by atoms with E-state index in [9.17, 15) is 0 Å². The van der Waals surface area contributed by atoms with Crippen molar-refractivity contribution in [3.8, 4) is 0 Å². The van der Waals surface area contributed by atoms with Crippen LogP contribution < -0.4 is 0 Å². The molecule has 0 bridgehead atoms. The van der Waals surface area contributed by atoms with Gasteiger partial charge in [0, 0.05) is 11.9 Å². The number of aromatic nitrogens is 1. The van der Waals surface area contributed by atoms with Gasteiger partial charge in [0.1, 0.15) is 0 Å². The first kappa shape index (κ1) is 12.2. The first-order valence-electron chi connectivity index (χ1n) is 5.22. The summed E-state index contributed by atoms with van der Waals surface area (Å²) in [5, 5.41) is 0. The van der Waals surface area contributed by atoms with Crippen molar-refractivity contribution in [2.75, 3.05) is 0 Å². The summed E-state index contributed by atoms with van der Waals surface area (Å²) in [7, 11) is 0. The Hall–Kier alpha value is -0.850. The molecule has 1 aromatic heterocycles. The summed E-state index contributed by atoms with van der Waals surface area (Å²) in [6.45, 7) is 10.4. The lowest BCUT2D eigenvalue weighted by atomic mass is 10.1. The van der Waals surface area contributed by atoms with Crippen molar-refractivity contribution in [2.45, 2.75) is 47.5 Å². The van der Waals surface area contributed by atoms with Gasteiger partial charge in [-0.25, -0.2) is 0 Å². The molecule has 1 rings (SSSR count). The van der Waals surface area contributed by atoms with Gasteiger partial charge >= 0.3 is 0 Å². The van der Waals surface area contributed by atoms with E-state index in [-0.39, 0.29) is 0 Å². The van der Waals surface area contributed by atoms with Gasteiger partial charge < -0.3 is 0 Å². The van der Waals surface area contributed by atoms with Crippen LogP contribution in [0.25, 0.3) is 0 Å². The zero-order valence-electron chi connectivity index (χ0n) is 9.52. The highest BCUT2D eigenvalue weighted by Crippen LogP contribution is 2.10. The molecule has 13 heavy (non-hydrogen) atoms. The van der Waals surface area contributed by atoms with Gasteiger partial charge in [0.15, 0.2) is 0 Å². The summed E-state index contributed by atoms with van der Waals surface area (Å²) in [5.41, 5.74) is 3.96. The number of hydrogen-bond acceptors (Lipinski definition) is 1. The van der Waals surface area contributed by atoms with Crippen LogP contribution in [-0.4, -0.2) is 4.98 Å². The molecule has 0 unspecified atom stereocenters. The maximum Gasteiger partial charge on any atom is 0.0375 e. The number of aryl methyl sites for hydroxylation is 3. The lowest BCUT2D eigenvalue weighted by molar-refractivity contribution is 0.995. The molecule has 0 saturated carbocycles. The van der Waals surface area contributed by atoms with Crippen molar-refractivity contribution in [3.05, 3.63) is 29.1 Å². The summed E-state index contributed by atoms with van der Waals surface area (Å²) in [6, 6.07) is 2.18. The average molecular weight is 179 g/mol. The van der Waals surface area contributed by atoms with Crippen molar-refractivity contribution in [3.63, 3.8) is 0 Å². The van der Waals surface area contributed by atoms with Crippen LogP contribution in [0.4, 0.5) is 0 Å². The molecule has 0 spiro atoms. The lowest BCUT2D eigenvalue weighted by Crippen LogP contribution is -1.93. The highest BCUT2D eigenvalue weighted by atomic mass is 14.7. The van der Waals surface area contributed by atoms with E-state index in [4.69, 9.17) is 0 Å². The minimum absolute atomic E-state index is 1.09. The summed E-state index contributed by atoms with van der Waals surface area (Å²) in [6.07, 6.45) is 4.21. The Bertz CT molecular complexity index is 241. The van der Waals surface area contributed by atoms with Crippen molar-refractivity contribution >= 4 is 0 Å². The van der Waals surface area contributed by atoms with E-state index in [1.165, 1.54) is 11.1 Å². The number of rotatable bonds is 2. The van der Waals surface area contributed by atoms with Crippen molar-refractivity contribution in [1.29, 1.82) is 0 Å². The summed E-state index contributed by atoms with van der Waals surface area (Å²) in [4.78, 5) is 4.26. The molecule has 74 valence electrons. The van der Waals surface area contributed by atoms with Crippen molar-refractivity contribution < 1.29 is 0 Å². The fraction of sp³-hybridized carbons (Fsp3) is 0.583. The molecule has 1 heteroatoms. The van der Waals surface area contributed by atoms with Crippen LogP contribution in [0, 0.1) is 6.92 Å². The Morgan fingerprint density at radius 3 is 2.08 bits per heavy atom. The largest absolute Gasteiger partial charge is 0.261 e. The Kier molecular flexibility index (Phi) is 6.21. The molecule has 0 aliphatic carbocycles. The Labute approximate surface area is 82.2 Å². The number of pyridine rings is 1. The van der Waals surface area contributed by atoms with Crippen LogP contribution in [0.5, 0.6) is 0 Å². The molecule has 1 heterocycles. The van der Waals surface area contributed by atoms with Crippen LogP contribution in [0.1, 0.15) is 44.5 Å². The van der Waals surface area contributed by atoms with Crippen LogP contribution in [-0.2, 0) is 12.8 Å². The molecule has 1 nitrogen and oxygen atoms in total. The first-order chi connectivity index (χ1) is 6.27. The molecule has 0 aliphatic rings. The maximum absolute atomic E-state index is 4.26. The van der Waals surface area contributed by atoms with E-state index in [1.807, 2.05) is 27.0 Å². The van der Waals surface area contributed by atoms with E-state index in [2.05, 4.69) is 24.9 Å². The van der Waals surface area contributed by atoms with Gasteiger partial charge in [0.25, 0.3) is 0 Å². The first-order valence-corrected chi connectivity index (χ1v) is 5.22. The topological polar surface area (TPSA) is 12.9 Å². The van der Waals surface area contributed by atoms with Crippen molar-refractivity contribution in [2.24, 2.45) is 0 Å². The van der Waals surface area contributed by atoms with Gasteiger partial charge in [-0.15, -0.1) is 0 Å². The van der Waals surface area contributed by atoms with E-state index < -0.39 is 0 Å². The number of hydrogen-bond donors (Lipinski definition) is 0. The predicted octanol–water partition coefficient (Wildman–Crippen LogP) is 3.54. The summed E-state index contributed by atoms with van der Waals surface area (Å²) in [5.74, 6) is 0. The normalized spacial score (nSPS) is 9.00. The second-order valence-electron chi connectivity index (χ2n) is 2.80. The van der Waals surface area contributed by atoms with E-state index in [1.54, 1.807) is 0 Å². The Morgan fingerprint density at radius 1 is 1.08 bits per heavy atom. The molecule has 0 amide bonds. The standard InChI is InChI=1S/C10H15N.C2H6/c1-4-9-6-8(3)11-7-10(9)5-2;1-2/h6-7H,4-5H2,1-3H3;1-2H3. The molecule has 0 atom stereocenters. The molecule has 0 radical (unpaired) electrons. The fourth-order valence-electron chi connectivity index (χ4n) is 1.29. The average Bonchev–Trinajstić information content (AvgIpc) is 2.20. The van der Waals surface area contributed by atoms with Gasteiger partial charge in [0.05, 0.1) is 0 Å². The molecule has 0 aromatic carbocycles. The smallest absolute Gasteiger partial charge is 0.0375 e. The zero-order chi connectivity index (χ0) is 10.3. The van der Waals surface area contributed by atoms with Crippen molar-refractivity contribution in [1.82, 2.24) is 4.98 Å². The molecule has 0 aliphatic heterocycles. The van der Waals surface area contributed by atoms with Crippen LogP contribution in [0.15, 0.2) is 12.3 Å². The summed E-state index contributed by atoms with van der Waals surface area (Å²) < 4.78 is 0. The molecule has 1 aromatic rings. The molecular weight excluding hydrogens is 158 g/mol. The van der Waals surface area contributed by atoms with Crippen LogP contribution in [0.2, 0.25) is 0 Å². The highest BCUT2D eigenvalue weighted by Gasteiger charge is 1.98. The minimum atomic E-state index is 1.09. The third-order valence-corrected chi connectivity index (χ3v) is 1.98. The molecular formula is C12H21N. The van der Waals surface area contributed by atoms with Gasteiger partial charge in [0.2, 0.25) is 0 Å². The van der Waals surface area contributed by atoms with E-state index >= 15 is 0 Å². The van der Waals surface area contributed by atoms with Gasteiger partial charge in [-0.05, 0) is 37.0 Å². The molecule has 0 N–H and O–H groups in total. The lowest BCUT2D eigenvalue weighted by Gasteiger charge is -2.04. The Morgan fingerprint density at radius 2 is 1.62 bits per heavy atom.